The molecule has 1 heterocycles. The van der Waals surface area contributed by atoms with Crippen molar-refractivity contribution >= 4 is 29.3 Å². The molecule has 0 aromatic heterocycles. The predicted molar refractivity (Wildman–Crippen MR) is 87.9 cm³/mol. The van der Waals surface area contributed by atoms with Crippen molar-refractivity contribution in [2.45, 2.75) is 13.0 Å². The van der Waals surface area contributed by atoms with Gasteiger partial charge in [-0.2, -0.15) is 5.26 Å². The molecule has 1 aliphatic rings. The lowest BCUT2D eigenvalue weighted by Gasteiger charge is -2.30. The van der Waals surface area contributed by atoms with Gasteiger partial charge >= 0.3 is 0 Å². The highest BCUT2D eigenvalue weighted by Gasteiger charge is 2.28. The fourth-order valence-electron chi connectivity index (χ4n) is 2.50. The predicted octanol–water partition coefficient (Wildman–Crippen LogP) is 4.21. The van der Waals surface area contributed by atoms with E-state index in [0.717, 1.165) is 16.8 Å². The number of hydrogen-bond acceptors (Lipinski definition) is 2. The number of anilines is 1. The van der Waals surface area contributed by atoms with Crippen LogP contribution in [0.2, 0.25) is 5.02 Å². The summed E-state index contributed by atoms with van der Waals surface area (Å²) in [6.07, 6.45) is 3.62. The number of carbonyl (C=O) groups is 1. The first-order valence-corrected chi connectivity index (χ1v) is 7.25. The van der Waals surface area contributed by atoms with Gasteiger partial charge in [-0.3, -0.25) is 9.69 Å². The molecule has 0 saturated heterocycles. The minimum Gasteiger partial charge on any atom is -0.288 e. The molecule has 0 aliphatic carbocycles. The number of fused-ring (bicyclic) bond motifs is 1. The van der Waals surface area contributed by atoms with Crippen LogP contribution in [-0.4, -0.2) is 11.9 Å². The lowest BCUT2D eigenvalue weighted by Crippen LogP contribution is -2.40. The number of amides is 1. The SMILES string of the molecule is Cc1ccc2c(c1)N(C(=O)c1ccc(Cl)cc1)C(C#N)C=C2. The standard InChI is InChI=1S/C18H13ClN2O/c1-12-2-3-13-6-9-16(11-20)21(17(13)10-12)18(22)14-4-7-15(19)8-5-14/h2-10,16H,1H3. The second-order valence-electron chi connectivity index (χ2n) is 5.18. The van der Waals surface area contributed by atoms with Crippen LogP contribution in [0.5, 0.6) is 0 Å². The van der Waals surface area contributed by atoms with Gasteiger partial charge in [-0.05, 0) is 54.5 Å². The molecule has 4 heteroatoms. The Balaban J connectivity index is 2.09. The molecule has 3 nitrogen and oxygen atoms in total. The van der Waals surface area contributed by atoms with Crippen molar-refractivity contribution in [2.24, 2.45) is 0 Å². The number of carbonyl (C=O) groups excluding carboxylic acids is 1. The first-order valence-electron chi connectivity index (χ1n) is 6.88. The molecule has 0 fully saturated rings. The third-order valence-corrected chi connectivity index (χ3v) is 3.88. The summed E-state index contributed by atoms with van der Waals surface area (Å²) in [5.41, 5.74) is 3.24. The minimum absolute atomic E-state index is 0.209. The average molecular weight is 309 g/mol. The van der Waals surface area contributed by atoms with Gasteiger partial charge in [0.25, 0.3) is 5.91 Å². The molecule has 0 spiro atoms. The number of nitrogens with zero attached hydrogens (tertiary/aromatic N) is 2. The van der Waals surface area contributed by atoms with Gasteiger partial charge < -0.3 is 0 Å². The zero-order valence-corrected chi connectivity index (χ0v) is 12.7. The second-order valence-corrected chi connectivity index (χ2v) is 5.61. The van der Waals surface area contributed by atoms with E-state index in [-0.39, 0.29) is 5.91 Å². The lowest BCUT2D eigenvalue weighted by molar-refractivity contribution is 0.0985. The largest absolute Gasteiger partial charge is 0.288 e. The number of nitriles is 1. The molecule has 0 saturated carbocycles. The number of benzene rings is 2. The van der Waals surface area contributed by atoms with Crippen LogP contribution in [0.3, 0.4) is 0 Å². The van der Waals surface area contributed by atoms with Gasteiger partial charge in [-0.1, -0.05) is 29.8 Å². The van der Waals surface area contributed by atoms with Crippen LogP contribution in [0.25, 0.3) is 6.08 Å². The Morgan fingerprint density at radius 1 is 1.23 bits per heavy atom. The molecular weight excluding hydrogens is 296 g/mol. The first kappa shape index (κ1) is 14.4. The highest BCUT2D eigenvalue weighted by Crippen LogP contribution is 2.31. The van der Waals surface area contributed by atoms with Crippen LogP contribution in [0.1, 0.15) is 21.5 Å². The van der Waals surface area contributed by atoms with E-state index >= 15 is 0 Å². The average Bonchev–Trinajstić information content (AvgIpc) is 2.53. The summed E-state index contributed by atoms with van der Waals surface area (Å²) in [5, 5.41) is 9.95. The van der Waals surface area contributed by atoms with E-state index in [1.165, 1.54) is 4.90 Å². The first-order chi connectivity index (χ1) is 10.6. The van der Waals surface area contributed by atoms with Gasteiger partial charge in [0.05, 0.1) is 11.8 Å². The molecule has 22 heavy (non-hydrogen) atoms. The molecule has 0 bridgehead atoms. The van der Waals surface area contributed by atoms with Gasteiger partial charge in [0, 0.05) is 10.6 Å². The van der Waals surface area contributed by atoms with Gasteiger partial charge in [-0.15, -0.1) is 0 Å². The van der Waals surface area contributed by atoms with Crippen molar-refractivity contribution in [3.05, 3.63) is 70.3 Å². The maximum absolute atomic E-state index is 12.9. The minimum atomic E-state index is -0.613. The molecule has 1 amide bonds. The summed E-state index contributed by atoms with van der Waals surface area (Å²) >= 11 is 5.87. The number of halogens is 1. The van der Waals surface area contributed by atoms with Crippen molar-refractivity contribution in [1.29, 1.82) is 5.26 Å². The van der Waals surface area contributed by atoms with E-state index in [2.05, 4.69) is 6.07 Å². The van der Waals surface area contributed by atoms with E-state index in [9.17, 15) is 10.1 Å². The zero-order chi connectivity index (χ0) is 15.7. The van der Waals surface area contributed by atoms with Crippen LogP contribution in [0, 0.1) is 18.3 Å². The summed E-state index contributed by atoms with van der Waals surface area (Å²) in [4.78, 5) is 14.4. The van der Waals surface area contributed by atoms with Crippen LogP contribution < -0.4 is 4.90 Å². The van der Waals surface area contributed by atoms with E-state index in [4.69, 9.17) is 11.6 Å². The fraction of sp³-hybridized carbons (Fsp3) is 0.111. The smallest absolute Gasteiger partial charge is 0.259 e. The molecule has 1 unspecified atom stereocenters. The van der Waals surface area contributed by atoms with Crippen molar-refractivity contribution in [2.75, 3.05) is 4.90 Å². The molecular formula is C18H13ClN2O. The van der Waals surface area contributed by atoms with Crippen molar-refractivity contribution < 1.29 is 4.79 Å². The summed E-state index contributed by atoms with van der Waals surface area (Å²) in [5.74, 6) is -0.209. The van der Waals surface area contributed by atoms with Crippen molar-refractivity contribution in [3.8, 4) is 6.07 Å². The third kappa shape index (κ3) is 2.49. The number of aryl methyl sites for hydroxylation is 1. The highest BCUT2D eigenvalue weighted by atomic mass is 35.5. The molecule has 0 radical (unpaired) electrons. The lowest BCUT2D eigenvalue weighted by atomic mass is 10.00. The van der Waals surface area contributed by atoms with E-state index in [0.29, 0.717) is 10.6 Å². The topological polar surface area (TPSA) is 44.1 Å². The maximum atomic E-state index is 12.9. The monoisotopic (exact) mass is 308 g/mol. The quantitative estimate of drug-likeness (QED) is 0.792. The Kier molecular flexibility index (Phi) is 3.70. The molecule has 1 atom stereocenters. The Hall–Kier alpha value is -2.57. The van der Waals surface area contributed by atoms with Crippen molar-refractivity contribution in [3.63, 3.8) is 0 Å². The Morgan fingerprint density at radius 2 is 1.95 bits per heavy atom. The second kappa shape index (κ2) is 5.67. The maximum Gasteiger partial charge on any atom is 0.259 e. The normalized spacial score (nSPS) is 16.0. The zero-order valence-electron chi connectivity index (χ0n) is 12.0. The van der Waals surface area contributed by atoms with Gasteiger partial charge in [0.1, 0.15) is 6.04 Å². The molecule has 2 aromatic rings. The van der Waals surface area contributed by atoms with E-state index < -0.39 is 6.04 Å². The van der Waals surface area contributed by atoms with Crippen LogP contribution in [0.15, 0.2) is 48.5 Å². The Bertz CT molecular complexity index is 803. The van der Waals surface area contributed by atoms with Crippen molar-refractivity contribution in [1.82, 2.24) is 0 Å². The van der Waals surface area contributed by atoms with Gasteiger partial charge in [-0.25, -0.2) is 0 Å². The molecule has 3 rings (SSSR count). The summed E-state index contributed by atoms with van der Waals surface area (Å²) in [6, 6.07) is 14.1. The molecule has 2 aromatic carbocycles. The Morgan fingerprint density at radius 3 is 2.64 bits per heavy atom. The summed E-state index contributed by atoms with van der Waals surface area (Å²) in [6.45, 7) is 1.96. The van der Waals surface area contributed by atoms with Gasteiger partial charge in [0.15, 0.2) is 0 Å². The Labute approximate surface area is 134 Å². The van der Waals surface area contributed by atoms with E-state index in [1.54, 1.807) is 30.3 Å². The van der Waals surface area contributed by atoms with Crippen LogP contribution in [-0.2, 0) is 0 Å². The summed E-state index contributed by atoms with van der Waals surface area (Å²) < 4.78 is 0. The van der Waals surface area contributed by atoms with Gasteiger partial charge in [0.2, 0.25) is 0 Å². The molecule has 0 N–H and O–H groups in total. The highest BCUT2D eigenvalue weighted by molar-refractivity contribution is 6.30. The summed E-state index contributed by atoms with van der Waals surface area (Å²) in [7, 11) is 0. The third-order valence-electron chi connectivity index (χ3n) is 3.62. The molecule has 1 aliphatic heterocycles. The van der Waals surface area contributed by atoms with Crippen LogP contribution >= 0.6 is 11.6 Å². The molecule has 108 valence electrons. The van der Waals surface area contributed by atoms with E-state index in [1.807, 2.05) is 31.2 Å². The number of hydrogen-bond donors (Lipinski definition) is 0. The van der Waals surface area contributed by atoms with Crippen LogP contribution in [0.4, 0.5) is 5.69 Å². The number of rotatable bonds is 1. The fourth-order valence-corrected chi connectivity index (χ4v) is 2.63.